The molecule has 0 saturated heterocycles. The van der Waals surface area contributed by atoms with Gasteiger partial charge in [-0.3, -0.25) is 0 Å². The Morgan fingerprint density at radius 2 is 2.06 bits per heavy atom. The van der Waals surface area contributed by atoms with E-state index in [1.807, 2.05) is 12.1 Å². The normalized spacial score (nSPS) is 10.4. The summed E-state index contributed by atoms with van der Waals surface area (Å²) in [6, 6.07) is 7.46. The van der Waals surface area contributed by atoms with Crippen LogP contribution in [0.4, 0.5) is 5.69 Å². The molecule has 0 aliphatic heterocycles. The fourth-order valence-electron chi connectivity index (χ4n) is 1.77. The van der Waals surface area contributed by atoms with Crippen molar-refractivity contribution in [3.8, 4) is 11.9 Å². The number of rotatable bonds is 1. The van der Waals surface area contributed by atoms with Crippen LogP contribution < -0.4 is 5.73 Å². The molecule has 0 atom stereocenters. The molecule has 0 aliphatic rings. The molecule has 0 radical (unpaired) electrons. The number of anilines is 1. The summed E-state index contributed by atoms with van der Waals surface area (Å²) < 4.78 is 1.57. The summed E-state index contributed by atoms with van der Waals surface area (Å²) in [4.78, 5) is 8.11. The molecule has 2 heterocycles. The van der Waals surface area contributed by atoms with E-state index in [9.17, 15) is 0 Å². The van der Waals surface area contributed by atoms with Gasteiger partial charge in [0.25, 0.3) is 0 Å². The largest absolute Gasteiger partial charge is 0.399 e. The summed E-state index contributed by atoms with van der Waals surface area (Å²) in [5.74, 6) is 0.403. The number of nitrogens with zero attached hydrogens (tertiary/aromatic N) is 5. The zero-order valence-electron chi connectivity index (χ0n) is 9.28. The standard InChI is InChI=1S/C12H8N6/c13-6-10-12(16-4-3-15-10)18-11-5-9(14)2-1-8(11)7-17-18/h1-5,7H,14H2. The molecule has 0 unspecified atom stereocenters. The van der Waals surface area contributed by atoms with Crippen LogP contribution >= 0.6 is 0 Å². The summed E-state index contributed by atoms with van der Waals surface area (Å²) in [5, 5.41) is 14.2. The van der Waals surface area contributed by atoms with Crippen molar-refractivity contribution in [1.82, 2.24) is 19.7 Å². The molecular formula is C12H8N6. The smallest absolute Gasteiger partial charge is 0.191 e. The molecule has 0 aliphatic carbocycles. The Balaban J connectivity index is 2.32. The zero-order valence-corrected chi connectivity index (χ0v) is 9.28. The molecule has 3 aromatic rings. The van der Waals surface area contributed by atoms with Gasteiger partial charge in [-0.05, 0) is 18.2 Å². The minimum Gasteiger partial charge on any atom is -0.399 e. The van der Waals surface area contributed by atoms with Crippen molar-refractivity contribution < 1.29 is 0 Å². The molecule has 0 fully saturated rings. The van der Waals surface area contributed by atoms with Crippen molar-refractivity contribution in [1.29, 1.82) is 5.26 Å². The fraction of sp³-hybridized carbons (Fsp3) is 0. The quantitative estimate of drug-likeness (QED) is 0.642. The van der Waals surface area contributed by atoms with E-state index in [1.165, 1.54) is 12.4 Å². The molecule has 3 rings (SSSR count). The van der Waals surface area contributed by atoms with E-state index in [1.54, 1.807) is 23.0 Å². The second-order valence-corrected chi connectivity index (χ2v) is 3.71. The Hall–Kier alpha value is -2.94. The summed E-state index contributed by atoms with van der Waals surface area (Å²) in [5.41, 5.74) is 7.41. The van der Waals surface area contributed by atoms with Crippen molar-refractivity contribution in [2.45, 2.75) is 0 Å². The van der Waals surface area contributed by atoms with Crippen molar-refractivity contribution in [3.63, 3.8) is 0 Å². The topological polar surface area (TPSA) is 93.4 Å². The second-order valence-electron chi connectivity index (χ2n) is 3.71. The van der Waals surface area contributed by atoms with Gasteiger partial charge in [-0.15, -0.1) is 0 Å². The molecule has 0 amide bonds. The third kappa shape index (κ3) is 1.46. The molecule has 6 heteroatoms. The number of fused-ring (bicyclic) bond motifs is 1. The van der Waals surface area contributed by atoms with E-state index >= 15 is 0 Å². The van der Waals surface area contributed by atoms with Crippen molar-refractivity contribution in [3.05, 3.63) is 42.5 Å². The van der Waals surface area contributed by atoms with Crippen LogP contribution in [-0.2, 0) is 0 Å². The first-order chi connectivity index (χ1) is 8.79. The highest BCUT2D eigenvalue weighted by atomic mass is 15.3. The monoisotopic (exact) mass is 236 g/mol. The first kappa shape index (κ1) is 10.2. The Morgan fingerprint density at radius 3 is 2.89 bits per heavy atom. The summed E-state index contributed by atoms with van der Waals surface area (Å²) in [6.07, 6.45) is 4.70. The van der Waals surface area contributed by atoms with Gasteiger partial charge in [0, 0.05) is 23.5 Å². The number of nitrogens with two attached hydrogens (primary N) is 1. The summed E-state index contributed by atoms with van der Waals surface area (Å²) in [6.45, 7) is 0. The Labute approximate surface area is 102 Å². The lowest BCUT2D eigenvalue weighted by Gasteiger charge is -2.03. The third-order valence-electron chi connectivity index (χ3n) is 2.58. The number of hydrogen-bond acceptors (Lipinski definition) is 5. The molecule has 0 spiro atoms. The van der Waals surface area contributed by atoms with Gasteiger partial charge in [0.15, 0.2) is 11.5 Å². The van der Waals surface area contributed by atoms with Crippen LogP contribution in [-0.4, -0.2) is 19.7 Å². The Morgan fingerprint density at radius 1 is 1.22 bits per heavy atom. The fourth-order valence-corrected chi connectivity index (χ4v) is 1.77. The minimum absolute atomic E-state index is 0.227. The van der Waals surface area contributed by atoms with Crippen LogP contribution in [0.25, 0.3) is 16.7 Å². The lowest BCUT2D eigenvalue weighted by molar-refractivity contribution is 0.858. The van der Waals surface area contributed by atoms with Gasteiger partial charge in [0.2, 0.25) is 0 Å². The van der Waals surface area contributed by atoms with Crippen molar-refractivity contribution >= 4 is 16.6 Å². The van der Waals surface area contributed by atoms with Gasteiger partial charge >= 0.3 is 0 Å². The van der Waals surface area contributed by atoms with E-state index in [-0.39, 0.29) is 5.69 Å². The maximum atomic E-state index is 9.03. The van der Waals surface area contributed by atoms with Gasteiger partial charge in [0.1, 0.15) is 6.07 Å². The third-order valence-corrected chi connectivity index (χ3v) is 2.58. The van der Waals surface area contributed by atoms with E-state index in [0.717, 1.165) is 10.9 Å². The minimum atomic E-state index is 0.227. The van der Waals surface area contributed by atoms with Crippen LogP contribution in [0.1, 0.15) is 5.69 Å². The van der Waals surface area contributed by atoms with Gasteiger partial charge < -0.3 is 5.73 Å². The van der Waals surface area contributed by atoms with Crippen LogP contribution in [0.3, 0.4) is 0 Å². The number of aromatic nitrogens is 4. The van der Waals surface area contributed by atoms with Crippen LogP contribution in [0.15, 0.2) is 36.8 Å². The maximum Gasteiger partial charge on any atom is 0.191 e. The van der Waals surface area contributed by atoms with Crippen LogP contribution in [0.5, 0.6) is 0 Å². The Kier molecular flexibility index (Phi) is 2.17. The van der Waals surface area contributed by atoms with Crippen molar-refractivity contribution in [2.24, 2.45) is 0 Å². The molecule has 0 bridgehead atoms. The zero-order chi connectivity index (χ0) is 12.5. The number of hydrogen-bond donors (Lipinski definition) is 1. The van der Waals surface area contributed by atoms with E-state index < -0.39 is 0 Å². The van der Waals surface area contributed by atoms with Gasteiger partial charge in [0.05, 0.1) is 11.7 Å². The van der Waals surface area contributed by atoms with Gasteiger partial charge in [-0.25, -0.2) is 14.6 Å². The molecule has 0 saturated carbocycles. The number of nitrogen functional groups attached to an aromatic ring is 1. The van der Waals surface area contributed by atoms with Crippen LogP contribution in [0, 0.1) is 11.3 Å². The highest BCUT2D eigenvalue weighted by molar-refractivity contribution is 5.83. The lowest BCUT2D eigenvalue weighted by Crippen LogP contribution is -2.04. The Bertz CT molecular complexity index is 768. The van der Waals surface area contributed by atoms with Gasteiger partial charge in [-0.1, -0.05) is 0 Å². The first-order valence-electron chi connectivity index (χ1n) is 5.24. The van der Waals surface area contributed by atoms with E-state index in [4.69, 9.17) is 11.0 Å². The summed E-state index contributed by atoms with van der Waals surface area (Å²) >= 11 is 0. The molecule has 2 aromatic heterocycles. The van der Waals surface area contributed by atoms with Gasteiger partial charge in [-0.2, -0.15) is 10.4 Å². The van der Waals surface area contributed by atoms with E-state index in [0.29, 0.717) is 11.5 Å². The molecular weight excluding hydrogens is 228 g/mol. The molecule has 2 N–H and O–H groups in total. The predicted octanol–water partition coefficient (Wildman–Crippen LogP) is 1.27. The highest BCUT2D eigenvalue weighted by Crippen LogP contribution is 2.20. The van der Waals surface area contributed by atoms with Crippen LogP contribution in [0.2, 0.25) is 0 Å². The number of nitriles is 1. The second kappa shape index (κ2) is 3.82. The number of benzene rings is 1. The lowest BCUT2D eigenvalue weighted by atomic mass is 10.2. The molecule has 1 aromatic carbocycles. The summed E-state index contributed by atoms with van der Waals surface area (Å²) in [7, 11) is 0. The average Bonchev–Trinajstić information content (AvgIpc) is 2.81. The SMILES string of the molecule is N#Cc1nccnc1-n1ncc2ccc(N)cc21. The average molecular weight is 236 g/mol. The molecule has 86 valence electrons. The van der Waals surface area contributed by atoms with Crippen molar-refractivity contribution in [2.75, 3.05) is 5.73 Å². The molecule has 6 nitrogen and oxygen atoms in total. The highest BCUT2D eigenvalue weighted by Gasteiger charge is 2.11. The molecule has 18 heavy (non-hydrogen) atoms. The maximum absolute atomic E-state index is 9.03. The van der Waals surface area contributed by atoms with E-state index in [2.05, 4.69) is 15.1 Å². The first-order valence-corrected chi connectivity index (χ1v) is 5.24. The predicted molar refractivity (Wildman–Crippen MR) is 65.8 cm³/mol.